The van der Waals surface area contributed by atoms with Crippen molar-refractivity contribution < 1.29 is 18.0 Å². The number of rotatable bonds is 5. The van der Waals surface area contributed by atoms with E-state index in [2.05, 4.69) is 37.2 Å². The van der Waals surface area contributed by atoms with Crippen LogP contribution in [0.4, 0.5) is 13.2 Å². The van der Waals surface area contributed by atoms with E-state index in [1.165, 1.54) is 12.1 Å². The molecule has 1 aliphatic rings. The lowest BCUT2D eigenvalue weighted by Gasteiger charge is -2.17. The molecule has 1 saturated carbocycles. The fourth-order valence-electron chi connectivity index (χ4n) is 2.20. The Kier molecular flexibility index (Phi) is 5.03. The van der Waals surface area contributed by atoms with Gasteiger partial charge < -0.3 is 5.32 Å². The van der Waals surface area contributed by atoms with Gasteiger partial charge in [0.1, 0.15) is 0 Å². The van der Waals surface area contributed by atoms with Crippen LogP contribution in [0.5, 0.6) is 0 Å². The lowest BCUT2D eigenvalue weighted by atomic mass is 10.0. The average Bonchev–Trinajstić information content (AvgIpc) is 3.16. The fraction of sp³-hybridized carbons (Fsp3) is 0.500. The first-order chi connectivity index (χ1) is 9.77. The molecular formula is C14H14Br2F3NO. The molecule has 1 aliphatic carbocycles. The van der Waals surface area contributed by atoms with E-state index in [-0.39, 0.29) is 11.0 Å². The molecule has 0 saturated heterocycles. The lowest BCUT2D eigenvalue weighted by Crippen LogP contribution is -2.32. The predicted octanol–water partition coefficient (Wildman–Crippen LogP) is 4.76. The number of alkyl halides is 4. The molecule has 1 N–H and O–H groups in total. The minimum Gasteiger partial charge on any atom is -0.351 e. The Balaban J connectivity index is 2.12. The van der Waals surface area contributed by atoms with Gasteiger partial charge in [-0.2, -0.15) is 13.2 Å². The third kappa shape index (κ3) is 4.22. The molecule has 0 radical (unpaired) electrons. The number of halogens is 5. The Bertz CT molecular complexity index is 542. The highest BCUT2D eigenvalue weighted by Crippen LogP contribution is 2.48. The van der Waals surface area contributed by atoms with Gasteiger partial charge in [0.2, 0.25) is 0 Å². The smallest absolute Gasteiger partial charge is 0.351 e. The second-order valence-corrected chi connectivity index (χ2v) is 7.02. The Labute approximate surface area is 137 Å². The van der Waals surface area contributed by atoms with Crippen LogP contribution in [-0.2, 0) is 6.18 Å². The molecule has 0 aromatic heterocycles. The van der Waals surface area contributed by atoms with Crippen LogP contribution in [0.25, 0.3) is 0 Å². The highest BCUT2D eigenvalue weighted by atomic mass is 79.9. The van der Waals surface area contributed by atoms with Crippen LogP contribution in [0.2, 0.25) is 0 Å². The van der Waals surface area contributed by atoms with Crippen molar-refractivity contribution >= 4 is 37.8 Å². The summed E-state index contributed by atoms with van der Waals surface area (Å²) in [7, 11) is 0. The molecule has 1 amide bonds. The first kappa shape index (κ1) is 16.8. The summed E-state index contributed by atoms with van der Waals surface area (Å²) in [5, 5.41) is 3.47. The maximum absolute atomic E-state index is 13.0. The average molecular weight is 429 g/mol. The van der Waals surface area contributed by atoms with Gasteiger partial charge in [-0.1, -0.05) is 31.9 Å². The first-order valence-corrected chi connectivity index (χ1v) is 8.40. The molecule has 0 atom stereocenters. The second-order valence-electron chi connectivity index (χ2n) is 5.31. The summed E-state index contributed by atoms with van der Waals surface area (Å²) >= 11 is 6.36. The van der Waals surface area contributed by atoms with E-state index in [4.69, 9.17) is 0 Å². The molecule has 0 spiro atoms. The van der Waals surface area contributed by atoms with Gasteiger partial charge in [-0.05, 0) is 42.9 Å². The van der Waals surface area contributed by atoms with Gasteiger partial charge in [-0.3, -0.25) is 4.79 Å². The summed E-state index contributed by atoms with van der Waals surface area (Å²) in [6, 6.07) is 3.57. The maximum Gasteiger partial charge on any atom is 0.417 e. The van der Waals surface area contributed by atoms with Gasteiger partial charge in [0.15, 0.2) is 0 Å². The molecule has 1 fully saturated rings. The first-order valence-electron chi connectivity index (χ1n) is 6.48. The summed E-state index contributed by atoms with van der Waals surface area (Å²) < 4.78 is 39.3. The second kappa shape index (κ2) is 6.28. The van der Waals surface area contributed by atoms with Crippen LogP contribution in [0, 0.1) is 5.41 Å². The summed E-state index contributed by atoms with van der Waals surface area (Å²) in [5.74, 6) is -0.671. The zero-order chi connectivity index (χ0) is 15.7. The third-order valence-electron chi connectivity index (χ3n) is 3.74. The number of hydrogen-bond donors (Lipinski definition) is 1. The SMILES string of the molecule is O=C(NCC1(CCBr)CC1)c1ccc(Br)cc1C(F)(F)F. The highest BCUT2D eigenvalue weighted by molar-refractivity contribution is 9.10. The number of carbonyl (C=O) groups is 1. The zero-order valence-electron chi connectivity index (χ0n) is 11.1. The molecular weight excluding hydrogens is 415 g/mol. The molecule has 21 heavy (non-hydrogen) atoms. The van der Waals surface area contributed by atoms with Crippen LogP contribution in [0.1, 0.15) is 35.2 Å². The fourth-order valence-corrected chi connectivity index (χ4v) is 3.41. The molecule has 0 heterocycles. The highest BCUT2D eigenvalue weighted by Gasteiger charge is 2.42. The Morgan fingerprint density at radius 3 is 2.52 bits per heavy atom. The lowest BCUT2D eigenvalue weighted by molar-refractivity contribution is -0.138. The minimum atomic E-state index is -4.55. The van der Waals surface area contributed by atoms with Crippen molar-refractivity contribution in [1.29, 1.82) is 0 Å². The summed E-state index contributed by atoms with van der Waals surface area (Å²) in [6.45, 7) is 0.421. The van der Waals surface area contributed by atoms with Gasteiger partial charge in [0.25, 0.3) is 5.91 Å². The standard InChI is InChI=1S/C14H14Br2F3NO/c15-6-5-13(3-4-13)8-20-12(21)10-2-1-9(16)7-11(10)14(17,18)19/h1-2,7H,3-6,8H2,(H,20,21). The van der Waals surface area contributed by atoms with Gasteiger partial charge >= 0.3 is 6.18 Å². The molecule has 2 rings (SSSR count). The Hall–Kier alpha value is -0.560. The topological polar surface area (TPSA) is 29.1 Å². The van der Waals surface area contributed by atoms with Crippen molar-refractivity contribution in [2.24, 2.45) is 5.41 Å². The molecule has 0 unspecified atom stereocenters. The van der Waals surface area contributed by atoms with E-state index < -0.39 is 17.6 Å². The Morgan fingerprint density at radius 2 is 2.00 bits per heavy atom. The van der Waals surface area contributed by atoms with E-state index in [9.17, 15) is 18.0 Å². The van der Waals surface area contributed by atoms with E-state index in [0.29, 0.717) is 11.0 Å². The van der Waals surface area contributed by atoms with Crippen molar-refractivity contribution in [1.82, 2.24) is 5.32 Å². The minimum absolute atomic E-state index is 0.0624. The van der Waals surface area contributed by atoms with Crippen LogP contribution < -0.4 is 5.32 Å². The van der Waals surface area contributed by atoms with Gasteiger partial charge in [-0.25, -0.2) is 0 Å². The molecule has 7 heteroatoms. The molecule has 2 nitrogen and oxygen atoms in total. The normalized spacial score (nSPS) is 16.6. The summed E-state index contributed by atoms with van der Waals surface area (Å²) in [6.07, 6.45) is -1.62. The quantitative estimate of drug-likeness (QED) is 0.673. The van der Waals surface area contributed by atoms with Crippen molar-refractivity contribution in [2.45, 2.75) is 25.4 Å². The van der Waals surface area contributed by atoms with Crippen molar-refractivity contribution in [3.05, 3.63) is 33.8 Å². The van der Waals surface area contributed by atoms with Gasteiger partial charge in [0, 0.05) is 16.3 Å². The number of hydrogen-bond acceptors (Lipinski definition) is 1. The van der Waals surface area contributed by atoms with E-state index >= 15 is 0 Å². The van der Waals surface area contributed by atoms with Crippen LogP contribution in [0.15, 0.2) is 22.7 Å². The zero-order valence-corrected chi connectivity index (χ0v) is 14.2. The van der Waals surface area contributed by atoms with E-state index in [1.807, 2.05) is 0 Å². The van der Waals surface area contributed by atoms with E-state index in [0.717, 1.165) is 30.7 Å². The monoisotopic (exact) mass is 427 g/mol. The maximum atomic E-state index is 13.0. The molecule has 1 aromatic carbocycles. The van der Waals surface area contributed by atoms with Gasteiger partial charge in [-0.15, -0.1) is 0 Å². The summed E-state index contributed by atoms with van der Waals surface area (Å²) in [4.78, 5) is 12.1. The van der Waals surface area contributed by atoms with Crippen molar-refractivity contribution in [3.63, 3.8) is 0 Å². The van der Waals surface area contributed by atoms with Crippen molar-refractivity contribution in [2.75, 3.05) is 11.9 Å². The van der Waals surface area contributed by atoms with Crippen LogP contribution in [-0.4, -0.2) is 17.8 Å². The van der Waals surface area contributed by atoms with Crippen LogP contribution >= 0.6 is 31.9 Å². The third-order valence-corrected chi connectivity index (χ3v) is 4.63. The number of carbonyl (C=O) groups excluding carboxylic acids is 1. The largest absolute Gasteiger partial charge is 0.417 e. The van der Waals surface area contributed by atoms with Crippen molar-refractivity contribution in [3.8, 4) is 0 Å². The molecule has 116 valence electrons. The Morgan fingerprint density at radius 1 is 1.33 bits per heavy atom. The molecule has 0 aliphatic heterocycles. The van der Waals surface area contributed by atoms with Crippen LogP contribution in [0.3, 0.4) is 0 Å². The molecule has 1 aromatic rings. The number of nitrogens with one attached hydrogen (secondary N) is 1. The van der Waals surface area contributed by atoms with Gasteiger partial charge in [0.05, 0.1) is 11.1 Å². The van der Waals surface area contributed by atoms with E-state index in [1.54, 1.807) is 0 Å². The number of amides is 1. The summed E-state index contributed by atoms with van der Waals surface area (Å²) in [5.41, 5.74) is -1.19. The molecule has 0 bridgehead atoms. The predicted molar refractivity (Wildman–Crippen MR) is 81.6 cm³/mol. The number of benzene rings is 1.